The van der Waals surface area contributed by atoms with Gasteiger partial charge in [0.1, 0.15) is 11.5 Å². The Morgan fingerprint density at radius 2 is 1.80 bits per heavy atom. The molecule has 0 radical (unpaired) electrons. The molecule has 1 aliphatic heterocycles. The van der Waals surface area contributed by atoms with Gasteiger partial charge < -0.3 is 9.52 Å². The molecule has 6 nitrogen and oxygen atoms in total. The van der Waals surface area contributed by atoms with Crippen LogP contribution in [0.3, 0.4) is 0 Å². The summed E-state index contributed by atoms with van der Waals surface area (Å²) in [7, 11) is 0. The highest BCUT2D eigenvalue weighted by molar-refractivity contribution is 8.18. The third-order valence-corrected chi connectivity index (χ3v) is 5.44. The summed E-state index contributed by atoms with van der Waals surface area (Å²) in [6.07, 6.45) is 4.92. The van der Waals surface area contributed by atoms with E-state index < -0.39 is 0 Å². The molecule has 2 heterocycles. The predicted octanol–water partition coefficient (Wildman–Crippen LogP) is 5.15. The fraction of sp³-hybridized carbons (Fsp3) is 0.0455. The Kier molecular flexibility index (Phi) is 6.02. The van der Waals surface area contributed by atoms with E-state index >= 15 is 0 Å². The van der Waals surface area contributed by atoms with Crippen LogP contribution in [0, 0.1) is 0 Å². The topological polar surface area (TPSA) is 78.4 Å². The van der Waals surface area contributed by atoms with Crippen molar-refractivity contribution in [1.29, 1.82) is 0 Å². The molecule has 2 aromatic carbocycles. The molecule has 1 fully saturated rings. The SMILES string of the molecule is O=C1/C(=C/c2ccc(Cl)cc2)S/C(=N\N=C\c2ccc(O)cc2)N1Cc1ccco1. The van der Waals surface area contributed by atoms with E-state index in [9.17, 15) is 9.90 Å². The van der Waals surface area contributed by atoms with Gasteiger partial charge in [0.2, 0.25) is 0 Å². The Morgan fingerprint density at radius 1 is 1.07 bits per heavy atom. The lowest BCUT2D eigenvalue weighted by molar-refractivity contribution is -0.122. The molecule has 0 atom stereocenters. The Morgan fingerprint density at radius 3 is 2.50 bits per heavy atom. The monoisotopic (exact) mass is 437 g/mol. The second-order valence-electron chi connectivity index (χ2n) is 6.35. The van der Waals surface area contributed by atoms with Crippen LogP contribution in [0.15, 0.2) is 86.5 Å². The van der Waals surface area contributed by atoms with Gasteiger partial charge in [-0.05, 0) is 77.5 Å². The molecule has 8 heteroatoms. The van der Waals surface area contributed by atoms with Crippen LogP contribution in [-0.2, 0) is 11.3 Å². The lowest BCUT2D eigenvalue weighted by atomic mass is 10.2. The Balaban J connectivity index is 1.60. The minimum absolute atomic E-state index is 0.176. The molecule has 150 valence electrons. The number of amides is 1. The van der Waals surface area contributed by atoms with E-state index in [0.717, 1.165) is 11.1 Å². The number of carbonyl (C=O) groups is 1. The first-order valence-corrected chi connectivity index (χ1v) is 10.2. The van der Waals surface area contributed by atoms with Gasteiger partial charge in [0.05, 0.1) is 23.9 Å². The maximum absolute atomic E-state index is 13.0. The summed E-state index contributed by atoms with van der Waals surface area (Å²) >= 11 is 7.18. The van der Waals surface area contributed by atoms with Gasteiger partial charge in [-0.3, -0.25) is 9.69 Å². The van der Waals surface area contributed by atoms with Gasteiger partial charge in [-0.15, -0.1) is 5.10 Å². The van der Waals surface area contributed by atoms with E-state index in [1.54, 1.807) is 67.1 Å². The van der Waals surface area contributed by atoms with Gasteiger partial charge in [-0.1, -0.05) is 23.7 Å². The zero-order valence-electron chi connectivity index (χ0n) is 15.6. The summed E-state index contributed by atoms with van der Waals surface area (Å²) in [4.78, 5) is 15.0. The zero-order valence-corrected chi connectivity index (χ0v) is 17.2. The first kappa shape index (κ1) is 20.0. The van der Waals surface area contributed by atoms with Gasteiger partial charge >= 0.3 is 0 Å². The predicted molar refractivity (Wildman–Crippen MR) is 119 cm³/mol. The minimum atomic E-state index is -0.176. The summed E-state index contributed by atoms with van der Waals surface area (Å²) in [6, 6.07) is 17.4. The lowest BCUT2D eigenvalue weighted by Crippen LogP contribution is -2.28. The molecule has 1 aromatic heterocycles. The van der Waals surface area contributed by atoms with Crippen molar-refractivity contribution in [2.75, 3.05) is 0 Å². The average Bonchev–Trinajstić information content (AvgIpc) is 3.35. The first-order chi connectivity index (χ1) is 14.6. The number of hydrogen-bond donors (Lipinski definition) is 1. The molecule has 1 amide bonds. The third-order valence-electron chi connectivity index (χ3n) is 4.19. The fourth-order valence-electron chi connectivity index (χ4n) is 2.70. The fourth-order valence-corrected chi connectivity index (χ4v) is 3.76. The maximum atomic E-state index is 13.0. The summed E-state index contributed by atoms with van der Waals surface area (Å²) < 4.78 is 5.39. The molecule has 3 aromatic rings. The second kappa shape index (κ2) is 9.02. The van der Waals surface area contributed by atoms with Gasteiger partial charge in [0.25, 0.3) is 5.91 Å². The molecule has 0 bridgehead atoms. The molecule has 4 rings (SSSR count). The van der Waals surface area contributed by atoms with Crippen molar-refractivity contribution in [1.82, 2.24) is 4.90 Å². The summed E-state index contributed by atoms with van der Waals surface area (Å²) in [5.74, 6) is 0.647. The number of nitrogens with zero attached hydrogens (tertiary/aromatic N) is 3. The number of hydrogen-bond acceptors (Lipinski definition) is 6. The standard InChI is InChI=1S/C22H16ClN3O3S/c23-17-7-3-15(4-8-17)12-20-21(28)26(14-19-2-1-11-29-19)22(30-20)25-24-13-16-5-9-18(27)10-6-16/h1-13,27H,14H2/b20-12-,24-13+,25-22-. The highest BCUT2D eigenvalue weighted by atomic mass is 35.5. The number of carbonyl (C=O) groups excluding carboxylic acids is 1. The van der Waals surface area contributed by atoms with E-state index in [1.165, 1.54) is 16.7 Å². The quantitative estimate of drug-likeness (QED) is 0.340. The maximum Gasteiger partial charge on any atom is 0.267 e. The van der Waals surface area contributed by atoms with Crippen molar-refractivity contribution in [3.05, 3.63) is 93.7 Å². The largest absolute Gasteiger partial charge is 0.508 e. The van der Waals surface area contributed by atoms with E-state index in [0.29, 0.717) is 20.9 Å². The van der Waals surface area contributed by atoms with Gasteiger partial charge in [0.15, 0.2) is 5.17 Å². The van der Waals surface area contributed by atoms with Crippen LogP contribution >= 0.6 is 23.4 Å². The van der Waals surface area contributed by atoms with Crippen LogP contribution < -0.4 is 0 Å². The Labute approximate surface area is 182 Å². The van der Waals surface area contributed by atoms with Crippen LogP contribution in [-0.4, -0.2) is 27.3 Å². The van der Waals surface area contributed by atoms with Crippen molar-refractivity contribution in [3.8, 4) is 5.75 Å². The van der Waals surface area contributed by atoms with E-state index in [2.05, 4.69) is 10.2 Å². The minimum Gasteiger partial charge on any atom is -0.508 e. The van der Waals surface area contributed by atoms with Gasteiger partial charge in [-0.2, -0.15) is 5.10 Å². The number of furan rings is 1. The summed E-state index contributed by atoms with van der Waals surface area (Å²) in [6.45, 7) is 0.254. The second-order valence-corrected chi connectivity index (χ2v) is 7.80. The van der Waals surface area contributed by atoms with Crippen molar-refractivity contribution in [3.63, 3.8) is 0 Å². The van der Waals surface area contributed by atoms with E-state index in [1.807, 2.05) is 12.1 Å². The molecule has 0 spiro atoms. The Bertz CT molecular complexity index is 1120. The summed E-state index contributed by atoms with van der Waals surface area (Å²) in [5, 5.41) is 18.8. The van der Waals surface area contributed by atoms with E-state index in [4.69, 9.17) is 16.0 Å². The van der Waals surface area contributed by atoms with Crippen LogP contribution in [0.25, 0.3) is 6.08 Å². The molecular formula is C22H16ClN3O3S. The number of thioether (sulfide) groups is 1. The first-order valence-electron chi connectivity index (χ1n) is 8.98. The molecule has 0 saturated carbocycles. The number of halogens is 1. The van der Waals surface area contributed by atoms with Crippen molar-refractivity contribution in [2.24, 2.45) is 10.2 Å². The number of aromatic hydroxyl groups is 1. The zero-order chi connectivity index (χ0) is 20.9. The van der Waals surface area contributed by atoms with Crippen LogP contribution in [0.5, 0.6) is 5.75 Å². The van der Waals surface area contributed by atoms with Crippen LogP contribution in [0.2, 0.25) is 5.02 Å². The molecule has 1 aliphatic rings. The van der Waals surface area contributed by atoms with Crippen molar-refractivity contribution >= 4 is 46.7 Å². The molecule has 30 heavy (non-hydrogen) atoms. The number of phenolic OH excluding ortho intramolecular Hbond substituents is 1. The molecule has 0 unspecified atom stereocenters. The summed E-state index contributed by atoms with van der Waals surface area (Å²) in [5.41, 5.74) is 1.64. The Hall–Kier alpha value is -3.29. The van der Waals surface area contributed by atoms with Crippen molar-refractivity contribution in [2.45, 2.75) is 6.54 Å². The highest BCUT2D eigenvalue weighted by Crippen LogP contribution is 2.34. The molecule has 1 N–H and O–H groups in total. The van der Waals surface area contributed by atoms with Crippen molar-refractivity contribution < 1.29 is 14.3 Å². The molecule has 1 saturated heterocycles. The lowest BCUT2D eigenvalue weighted by Gasteiger charge is -2.12. The van der Waals surface area contributed by atoms with Gasteiger partial charge in [-0.25, -0.2) is 0 Å². The van der Waals surface area contributed by atoms with E-state index in [-0.39, 0.29) is 18.2 Å². The van der Waals surface area contributed by atoms with Crippen LogP contribution in [0.4, 0.5) is 0 Å². The number of rotatable bonds is 5. The van der Waals surface area contributed by atoms with Gasteiger partial charge in [0, 0.05) is 5.02 Å². The average molecular weight is 438 g/mol. The normalized spacial score (nSPS) is 17.0. The highest BCUT2D eigenvalue weighted by Gasteiger charge is 2.34. The molecule has 0 aliphatic carbocycles. The molecular weight excluding hydrogens is 422 g/mol. The number of benzene rings is 2. The third kappa shape index (κ3) is 4.82. The number of phenols is 1. The smallest absolute Gasteiger partial charge is 0.267 e. The number of amidine groups is 1. The van der Waals surface area contributed by atoms with Crippen LogP contribution in [0.1, 0.15) is 16.9 Å².